The molecule has 4 aromatic rings. The van der Waals surface area contributed by atoms with Gasteiger partial charge in [-0.25, -0.2) is 0 Å². The SMILES string of the molecule is CN1C[C@H](NC(=O)CCc2ccncc2)C(=O)N(C)CC(=O)N2C[C@@H](NC(=O)Cc3c[nH]c4ccccc34)C[C@H]2COc2cccc(c2)C1=O. The van der Waals surface area contributed by atoms with E-state index < -0.39 is 18.0 Å². The van der Waals surface area contributed by atoms with Gasteiger partial charge in [0.2, 0.25) is 23.6 Å². The lowest BCUT2D eigenvalue weighted by atomic mass is 10.1. The number of pyridine rings is 1. The van der Waals surface area contributed by atoms with Gasteiger partial charge >= 0.3 is 0 Å². The van der Waals surface area contributed by atoms with Crippen LogP contribution in [-0.4, -0.2) is 113 Å². The topological polar surface area (TPSA) is 157 Å². The van der Waals surface area contributed by atoms with Crippen LogP contribution >= 0.6 is 0 Å². The van der Waals surface area contributed by atoms with Gasteiger partial charge in [-0.1, -0.05) is 24.3 Å². The number of likely N-dealkylation sites (N-methyl/N-ethyl adjacent to an activating group) is 2. The average Bonchev–Trinajstić information content (AvgIpc) is 3.72. The number of nitrogens with one attached hydrogen (secondary N) is 3. The average molecular weight is 680 g/mol. The third-order valence-corrected chi connectivity index (χ3v) is 9.22. The molecule has 3 atom stereocenters. The summed E-state index contributed by atoms with van der Waals surface area (Å²) in [5, 5.41) is 6.87. The second kappa shape index (κ2) is 15.2. The zero-order valence-corrected chi connectivity index (χ0v) is 28.1. The van der Waals surface area contributed by atoms with E-state index in [2.05, 4.69) is 20.6 Å². The summed E-state index contributed by atoms with van der Waals surface area (Å²) in [5.74, 6) is -1.25. The second-order valence-corrected chi connectivity index (χ2v) is 12.9. The number of rotatable bonds is 7. The van der Waals surface area contributed by atoms with Crippen molar-refractivity contribution in [1.82, 2.24) is 35.3 Å². The van der Waals surface area contributed by atoms with Crippen LogP contribution in [0.1, 0.15) is 34.3 Å². The van der Waals surface area contributed by atoms with Gasteiger partial charge in [-0.2, -0.15) is 0 Å². The zero-order chi connectivity index (χ0) is 35.2. The summed E-state index contributed by atoms with van der Waals surface area (Å²) in [4.78, 5) is 78.8. The molecule has 1 fully saturated rings. The maximum atomic E-state index is 13.8. The molecule has 4 heterocycles. The summed E-state index contributed by atoms with van der Waals surface area (Å²) < 4.78 is 6.12. The Hall–Kier alpha value is -5.72. The van der Waals surface area contributed by atoms with E-state index in [-0.39, 0.29) is 68.8 Å². The first kappa shape index (κ1) is 34.2. The van der Waals surface area contributed by atoms with Crippen LogP contribution in [0.4, 0.5) is 0 Å². The van der Waals surface area contributed by atoms with Gasteiger partial charge in [0, 0.05) is 74.7 Å². The van der Waals surface area contributed by atoms with Crippen LogP contribution in [0.2, 0.25) is 0 Å². The van der Waals surface area contributed by atoms with Gasteiger partial charge in [-0.05, 0) is 60.4 Å². The molecule has 0 saturated carbocycles. The molecule has 2 aliphatic heterocycles. The van der Waals surface area contributed by atoms with Crippen LogP contribution in [0.3, 0.4) is 0 Å². The molecule has 13 heteroatoms. The predicted molar refractivity (Wildman–Crippen MR) is 185 cm³/mol. The number of carbonyl (C=O) groups is 5. The lowest BCUT2D eigenvalue weighted by Gasteiger charge is -2.30. The fraction of sp³-hybridized carbons (Fsp3) is 0.351. The fourth-order valence-corrected chi connectivity index (χ4v) is 6.60. The molecule has 2 aromatic carbocycles. The molecule has 0 spiro atoms. The molecule has 0 unspecified atom stereocenters. The monoisotopic (exact) mass is 679 g/mol. The lowest BCUT2D eigenvalue weighted by Crippen LogP contribution is -2.55. The number of aromatic nitrogens is 2. The Kier molecular flexibility index (Phi) is 10.4. The van der Waals surface area contributed by atoms with Crippen LogP contribution in [0.15, 0.2) is 79.3 Å². The third-order valence-electron chi connectivity index (χ3n) is 9.22. The van der Waals surface area contributed by atoms with E-state index in [1.54, 1.807) is 48.6 Å². The van der Waals surface area contributed by atoms with E-state index in [0.29, 0.717) is 24.2 Å². The first-order chi connectivity index (χ1) is 24.1. The standard InChI is InChI=1S/C37H41N7O6/c1-42-21-32(41-33(45)11-10-24-12-14-38-15-13-24)37(49)43(2)22-35(47)44-20-27(18-28(44)23-50-29-7-5-6-25(16-29)36(42)48)40-34(46)17-26-19-39-31-9-4-3-8-30(26)31/h3-9,12-16,19,27-28,32,39H,10-11,17-18,20-23H2,1-2H3,(H,40,46)(H,41,45)/t27-,28-,32-/m0/s1. The number of para-hydroxylation sites is 1. The maximum Gasteiger partial charge on any atom is 0.253 e. The molecule has 13 nitrogen and oxygen atoms in total. The van der Waals surface area contributed by atoms with Crippen molar-refractivity contribution in [3.8, 4) is 5.75 Å². The molecular formula is C37H41N7O6. The minimum atomic E-state index is -1.10. The normalized spacial score (nSPS) is 20.2. The van der Waals surface area contributed by atoms with Crippen molar-refractivity contribution < 1.29 is 28.7 Å². The summed E-state index contributed by atoms with van der Waals surface area (Å²) in [6.45, 7) is -0.00784. The van der Waals surface area contributed by atoms with Gasteiger partial charge in [-0.3, -0.25) is 29.0 Å². The number of fused-ring (bicyclic) bond motifs is 4. The van der Waals surface area contributed by atoms with Crippen molar-refractivity contribution >= 4 is 40.4 Å². The maximum absolute atomic E-state index is 13.8. The predicted octanol–water partition coefficient (Wildman–Crippen LogP) is 1.93. The molecule has 260 valence electrons. The molecule has 0 radical (unpaired) electrons. The highest BCUT2D eigenvalue weighted by molar-refractivity contribution is 5.96. The molecule has 1 saturated heterocycles. The van der Waals surface area contributed by atoms with Crippen LogP contribution in [0.5, 0.6) is 5.75 Å². The second-order valence-electron chi connectivity index (χ2n) is 12.9. The van der Waals surface area contributed by atoms with Gasteiger partial charge < -0.3 is 35.1 Å². The van der Waals surface area contributed by atoms with Gasteiger partial charge in [0.25, 0.3) is 5.91 Å². The highest BCUT2D eigenvalue weighted by Crippen LogP contribution is 2.23. The van der Waals surface area contributed by atoms with Crippen LogP contribution in [0.25, 0.3) is 10.9 Å². The van der Waals surface area contributed by atoms with E-state index in [1.165, 1.54) is 16.8 Å². The number of aryl methyl sites for hydroxylation is 1. The van der Waals surface area contributed by atoms with Crippen molar-refractivity contribution in [2.45, 2.75) is 43.8 Å². The largest absolute Gasteiger partial charge is 0.491 e. The van der Waals surface area contributed by atoms with E-state index in [9.17, 15) is 24.0 Å². The van der Waals surface area contributed by atoms with Crippen molar-refractivity contribution in [2.24, 2.45) is 0 Å². The van der Waals surface area contributed by atoms with Crippen molar-refractivity contribution in [1.29, 1.82) is 0 Å². The van der Waals surface area contributed by atoms with E-state index in [1.807, 2.05) is 42.6 Å². The first-order valence-corrected chi connectivity index (χ1v) is 16.7. The summed E-state index contributed by atoms with van der Waals surface area (Å²) in [6, 6.07) is 16.3. The fourth-order valence-electron chi connectivity index (χ4n) is 6.60. The number of benzene rings is 2. The quantitative estimate of drug-likeness (QED) is 0.270. The van der Waals surface area contributed by atoms with Crippen molar-refractivity contribution in [2.75, 3.05) is 40.3 Å². The summed E-state index contributed by atoms with van der Waals surface area (Å²) in [6.07, 6.45) is 6.32. The number of amides is 5. The molecule has 2 aromatic heterocycles. The minimum Gasteiger partial charge on any atom is -0.491 e. The van der Waals surface area contributed by atoms with Gasteiger partial charge in [0.1, 0.15) is 18.4 Å². The first-order valence-electron chi connectivity index (χ1n) is 16.7. The molecule has 2 bridgehead atoms. The number of hydrogen-bond donors (Lipinski definition) is 3. The molecule has 3 N–H and O–H groups in total. The van der Waals surface area contributed by atoms with E-state index in [0.717, 1.165) is 22.0 Å². The number of carbonyl (C=O) groups excluding carboxylic acids is 5. The number of H-pyrrole nitrogens is 1. The lowest BCUT2D eigenvalue weighted by molar-refractivity contribution is -0.142. The van der Waals surface area contributed by atoms with E-state index >= 15 is 0 Å². The Morgan fingerprint density at radius 1 is 0.940 bits per heavy atom. The van der Waals surface area contributed by atoms with Crippen molar-refractivity contribution in [3.05, 3.63) is 95.9 Å². The summed E-state index contributed by atoms with van der Waals surface area (Å²) in [7, 11) is 3.06. The smallest absolute Gasteiger partial charge is 0.253 e. The van der Waals surface area contributed by atoms with Crippen molar-refractivity contribution in [3.63, 3.8) is 0 Å². The summed E-state index contributed by atoms with van der Waals surface area (Å²) >= 11 is 0. The van der Waals surface area contributed by atoms with Crippen LogP contribution < -0.4 is 15.4 Å². The van der Waals surface area contributed by atoms with Gasteiger partial charge in [0.05, 0.1) is 19.0 Å². The highest BCUT2D eigenvalue weighted by atomic mass is 16.5. The Morgan fingerprint density at radius 3 is 2.56 bits per heavy atom. The van der Waals surface area contributed by atoms with Crippen LogP contribution in [-0.2, 0) is 32.0 Å². The Balaban J connectivity index is 1.18. The zero-order valence-electron chi connectivity index (χ0n) is 28.1. The Labute approximate surface area is 290 Å². The summed E-state index contributed by atoms with van der Waals surface area (Å²) in [5.41, 5.74) is 3.11. The molecule has 6 rings (SSSR count). The number of hydrogen-bond acceptors (Lipinski definition) is 7. The molecular weight excluding hydrogens is 638 g/mol. The Bertz CT molecular complexity index is 1880. The molecule has 5 amide bonds. The number of nitrogens with zero attached hydrogens (tertiary/aromatic N) is 4. The van der Waals surface area contributed by atoms with Gasteiger partial charge in [-0.15, -0.1) is 0 Å². The third kappa shape index (κ3) is 8.11. The molecule has 2 aliphatic rings. The minimum absolute atomic E-state index is 0.112. The number of ether oxygens (including phenoxy) is 1. The molecule has 0 aliphatic carbocycles. The van der Waals surface area contributed by atoms with Crippen LogP contribution in [0, 0.1) is 0 Å². The molecule has 50 heavy (non-hydrogen) atoms. The Morgan fingerprint density at radius 2 is 1.74 bits per heavy atom. The van der Waals surface area contributed by atoms with Gasteiger partial charge in [0.15, 0.2) is 0 Å². The highest BCUT2D eigenvalue weighted by Gasteiger charge is 2.38. The number of aromatic amines is 1. The van der Waals surface area contributed by atoms with E-state index in [4.69, 9.17) is 4.74 Å².